The van der Waals surface area contributed by atoms with Gasteiger partial charge in [-0.3, -0.25) is 0 Å². The van der Waals surface area contributed by atoms with E-state index in [0.29, 0.717) is 12.1 Å². The van der Waals surface area contributed by atoms with Gasteiger partial charge in [-0.1, -0.05) is 0 Å². The number of nitrogens with zero attached hydrogens (tertiary/aromatic N) is 1. The van der Waals surface area contributed by atoms with Crippen molar-refractivity contribution >= 4 is 6.09 Å². The highest BCUT2D eigenvalue weighted by atomic mass is 16.6. The van der Waals surface area contributed by atoms with Crippen molar-refractivity contribution in [1.82, 2.24) is 10.2 Å². The van der Waals surface area contributed by atoms with Crippen LogP contribution in [0.5, 0.6) is 0 Å². The molecule has 0 aromatic rings. The molecule has 0 aromatic heterocycles. The first kappa shape index (κ1) is 16.6. The smallest absolute Gasteiger partial charge is 0.410 e. The maximum absolute atomic E-state index is 12.1. The molecule has 0 spiro atoms. The van der Waals surface area contributed by atoms with Crippen LogP contribution in [0.1, 0.15) is 53.9 Å². The summed E-state index contributed by atoms with van der Waals surface area (Å²) in [6, 6.07) is 0.855. The molecule has 0 bridgehead atoms. The third kappa shape index (κ3) is 5.15. The Morgan fingerprint density at radius 2 is 2.00 bits per heavy atom. The van der Waals surface area contributed by atoms with E-state index in [2.05, 4.69) is 19.2 Å². The quantitative estimate of drug-likeness (QED) is 0.851. The summed E-state index contributed by atoms with van der Waals surface area (Å²) in [6.07, 6.45) is 2.87. The summed E-state index contributed by atoms with van der Waals surface area (Å²) < 4.78 is 11.2. The Morgan fingerprint density at radius 3 is 2.62 bits per heavy atom. The zero-order valence-corrected chi connectivity index (χ0v) is 14.1. The summed E-state index contributed by atoms with van der Waals surface area (Å²) in [5.41, 5.74) is -0.466. The number of rotatable bonds is 2. The van der Waals surface area contributed by atoms with Crippen molar-refractivity contribution in [3.63, 3.8) is 0 Å². The molecular formula is C16H30N2O3. The highest BCUT2D eigenvalue weighted by Gasteiger charge is 2.34. The molecular weight excluding hydrogens is 268 g/mol. The molecule has 2 unspecified atom stereocenters. The van der Waals surface area contributed by atoms with E-state index < -0.39 is 5.60 Å². The number of likely N-dealkylation sites (tertiary alicyclic amines) is 1. The monoisotopic (exact) mass is 298 g/mol. The molecule has 0 aliphatic carbocycles. The second kappa shape index (κ2) is 6.13. The Kier molecular flexibility index (Phi) is 4.83. The standard InChI is InChI=1S/C16H30N2O3/c1-15(2,3)21-14(19)18-8-6-13(11-18)17-12-7-9-20-16(4,5)10-12/h12-13,17H,6-11H2,1-5H3. The van der Waals surface area contributed by atoms with Crippen LogP contribution in [0.25, 0.3) is 0 Å². The van der Waals surface area contributed by atoms with Crippen LogP contribution in [-0.2, 0) is 9.47 Å². The van der Waals surface area contributed by atoms with Gasteiger partial charge < -0.3 is 19.7 Å². The van der Waals surface area contributed by atoms with Crippen molar-refractivity contribution in [2.45, 2.75) is 77.2 Å². The average molecular weight is 298 g/mol. The van der Waals surface area contributed by atoms with E-state index in [9.17, 15) is 4.79 Å². The predicted octanol–water partition coefficient (Wildman–Crippen LogP) is 2.54. The Morgan fingerprint density at radius 1 is 1.29 bits per heavy atom. The lowest BCUT2D eigenvalue weighted by Crippen LogP contribution is -2.48. The van der Waals surface area contributed by atoms with E-state index in [1.165, 1.54) is 0 Å². The second-order valence-corrected chi connectivity index (χ2v) is 7.88. The zero-order valence-electron chi connectivity index (χ0n) is 14.1. The van der Waals surface area contributed by atoms with Crippen LogP contribution in [0.15, 0.2) is 0 Å². The third-order valence-electron chi connectivity index (χ3n) is 4.01. The summed E-state index contributed by atoms with van der Waals surface area (Å²) in [6.45, 7) is 12.3. The van der Waals surface area contributed by atoms with Crippen molar-refractivity contribution in [1.29, 1.82) is 0 Å². The molecule has 0 radical (unpaired) electrons. The number of hydrogen-bond acceptors (Lipinski definition) is 4. The average Bonchev–Trinajstić information content (AvgIpc) is 2.73. The summed E-state index contributed by atoms with van der Waals surface area (Å²) in [5, 5.41) is 3.69. The molecule has 0 aromatic carbocycles. The summed E-state index contributed by atoms with van der Waals surface area (Å²) in [4.78, 5) is 13.9. The van der Waals surface area contributed by atoms with E-state index in [4.69, 9.17) is 9.47 Å². The van der Waals surface area contributed by atoms with Crippen LogP contribution in [0, 0.1) is 0 Å². The topological polar surface area (TPSA) is 50.8 Å². The summed E-state index contributed by atoms with van der Waals surface area (Å²) in [5.74, 6) is 0. The maximum atomic E-state index is 12.1. The van der Waals surface area contributed by atoms with Gasteiger partial charge in [-0.2, -0.15) is 0 Å². The second-order valence-electron chi connectivity index (χ2n) is 7.88. The molecule has 5 heteroatoms. The minimum Gasteiger partial charge on any atom is -0.444 e. The van der Waals surface area contributed by atoms with Crippen LogP contribution in [0.3, 0.4) is 0 Å². The Bertz CT molecular complexity index is 376. The fourth-order valence-corrected chi connectivity index (χ4v) is 3.10. The maximum Gasteiger partial charge on any atom is 0.410 e. The Hall–Kier alpha value is -0.810. The van der Waals surface area contributed by atoms with E-state index in [1.807, 2.05) is 25.7 Å². The molecule has 2 aliphatic rings. The van der Waals surface area contributed by atoms with Gasteiger partial charge in [-0.05, 0) is 53.9 Å². The lowest BCUT2D eigenvalue weighted by molar-refractivity contribution is -0.0640. The van der Waals surface area contributed by atoms with Crippen molar-refractivity contribution in [3.8, 4) is 0 Å². The number of carbonyl (C=O) groups excluding carboxylic acids is 1. The lowest BCUT2D eigenvalue weighted by atomic mass is 9.93. The number of hydrogen-bond donors (Lipinski definition) is 1. The van der Waals surface area contributed by atoms with Gasteiger partial charge in [0.25, 0.3) is 0 Å². The van der Waals surface area contributed by atoms with Gasteiger partial charge in [0.2, 0.25) is 0 Å². The highest BCUT2D eigenvalue weighted by Crippen LogP contribution is 2.25. The predicted molar refractivity (Wildman–Crippen MR) is 82.4 cm³/mol. The number of carbonyl (C=O) groups is 1. The van der Waals surface area contributed by atoms with Gasteiger partial charge in [-0.15, -0.1) is 0 Å². The minimum absolute atomic E-state index is 0.0423. The molecule has 2 aliphatic heterocycles. The molecule has 0 saturated carbocycles. The Balaban J connectivity index is 1.79. The minimum atomic E-state index is -0.423. The molecule has 21 heavy (non-hydrogen) atoms. The summed E-state index contributed by atoms with van der Waals surface area (Å²) in [7, 11) is 0. The van der Waals surface area contributed by atoms with Crippen molar-refractivity contribution < 1.29 is 14.3 Å². The number of amides is 1. The van der Waals surface area contributed by atoms with Crippen LogP contribution >= 0.6 is 0 Å². The largest absolute Gasteiger partial charge is 0.444 e. The molecule has 1 amide bonds. The molecule has 1 N–H and O–H groups in total. The van der Waals surface area contributed by atoms with Crippen LogP contribution in [0.2, 0.25) is 0 Å². The number of ether oxygens (including phenoxy) is 2. The fraction of sp³-hybridized carbons (Fsp3) is 0.938. The van der Waals surface area contributed by atoms with E-state index in [-0.39, 0.29) is 11.7 Å². The Labute approximate surface area is 128 Å². The van der Waals surface area contributed by atoms with Gasteiger partial charge in [0, 0.05) is 31.8 Å². The first-order valence-corrected chi connectivity index (χ1v) is 8.03. The van der Waals surface area contributed by atoms with Gasteiger partial charge in [0.15, 0.2) is 0 Å². The lowest BCUT2D eigenvalue weighted by Gasteiger charge is -2.37. The van der Waals surface area contributed by atoms with Crippen LogP contribution in [0.4, 0.5) is 4.79 Å². The first-order valence-electron chi connectivity index (χ1n) is 8.03. The fourth-order valence-electron chi connectivity index (χ4n) is 3.10. The first-order chi connectivity index (χ1) is 9.65. The van der Waals surface area contributed by atoms with Crippen molar-refractivity contribution in [2.24, 2.45) is 0 Å². The normalized spacial score (nSPS) is 29.5. The third-order valence-corrected chi connectivity index (χ3v) is 4.01. The van der Waals surface area contributed by atoms with E-state index >= 15 is 0 Å². The zero-order chi connectivity index (χ0) is 15.7. The SMILES string of the molecule is CC(C)(C)OC(=O)N1CCC(NC2CCOC(C)(C)C2)C1. The molecule has 5 nitrogen and oxygen atoms in total. The molecule has 2 atom stereocenters. The van der Waals surface area contributed by atoms with Gasteiger partial charge >= 0.3 is 6.09 Å². The van der Waals surface area contributed by atoms with E-state index in [0.717, 1.165) is 39.0 Å². The molecule has 2 heterocycles. The summed E-state index contributed by atoms with van der Waals surface area (Å²) >= 11 is 0. The van der Waals surface area contributed by atoms with Crippen LogP contribution in [-0.4, -0.2) is 54.0 Å². The van der Waals surface area contributed by atoms with Crippen LogP contribution < -0.4 is 5.32 Å². The van der Waals surface area contributed by atoms with Crippen molar-refractivity contribution in [3.05, 3.63) is 0 Å². The van der Waals surface area contributed by atoms with Gasteiger partial charge in [-0.25, -0.2) is 4.79 Å². The molecule has 122 valence electrons. The molecule has 2 saturated heterocycles. The number of nitrogens with one attached hydrogen (secondary N) is 1. The van der Waals surface area contributed by atoms with Gasteiger partial charge in [0.05, 0.1) is 5.60 Å². The highest BCUT2D eigenvalue weighted by molar-refractivity contribution is 5.68. The van der Waals surface area contributed by atoms with Crippen molar-refractivity contribution in [2.75, 3.05) is 19.7 Å². The van der Waals surface area contributed by atoms with E-state index in [1.54, 1.807) is 0 Å². The molecule has 2 fully saturated rings. The molecule has 2 rings (SSSR count). The van der Waals surface area contributed by atoms with Gasteiger partial charge in [0.1, 0.15) is 5.60 Å².